The van der Waals surface area contributed by atoms with Crippen molar-refractivity contribution in [2.75, 3.05) is 44.8 Å². The van der Waals surface area contributed by atoms with E-state index in [1.165, 1.54) is 10.7 Å². The molecule has 3 aromatic rings. The van der Waals surface area contributed by atoms with Gasteiger partial charge in [-0.1, -0.05) is 35.9 Å². The number of rotatable bonds is 8. The number of carbonyl (C=O) groups excluding carboxylic acids is 1. The first kappa shape index (κ1) is 23.9. The monoisotopic (exact) mass is 482 g/mol. The third-order valence-corrected chi connectivity index (χ3v) is 5.68. The lowest BCUT2D eigenvalue weighted by Gasteiger charge is -2.26. The minimum absolute atomic E-state index is 0.219. The van der Waals surface area contributed by atoms with E-state index in [0.717, 1.165) is 50.4 Å². The molecule has 1 aromatic heterocycles. The Kier molecular flexibility index (Phi) is 8.30. The topological polar surface area (TPSA) is 85.7 Å². The summed E-state index contributed by atoms with van der Waals surface area (Å²) in [6, 6.07) is 17.7. The molecule has 2 aromatic carbocycles. The standard InChI is InChI=1S/C25H27ClN4O4/c26-21-6-2-5-20(17-21)23-8-9-24(31)30(28-23)18-19-4-1-7-22(16-19)27-25(32)34-13-3-10-29-11-14-33-15-12-29/h1-2,4-9,16-17H,3,10-15,18H2,(H,27,32). The number of carbonyl (C=O) groups is 1. The van der Waals surface area contributed by atoms with Crippen LogP contribution < -0.4 is 10.9 Å². The Hall–Kier alpha value is -3.20. The molecule has 178 valence electrons. The van der Waals surface area contributed by atoms with E-state index in [2.05, 4.69) is 15.3 Å². The Bertz CT molecular complexity index is 1180. The van der Waals surface area contributed by atoms with E-state index >= 15 is 0 Å². The summed E-state index contributed by atoms with van der Waals surface area (Å²) in [4.78, 5) is 26.8. The highest BCUT2D eigenvalue weighted by molar-refractivity contribution is 6.30. The van der Waals surface area contributed by atoms with Crippen LogP contribution >= 0.6 is 11.6 Å². The van der Waals surface area contributed by atoms with E-state index in [9.17, 15) is 9.59 Å². The van der Waals surface area contributed by atoms with Crippen LogP contribution in [0.15, 0.2) is 65.5 Å². The lowest BCUT2D eigenvalue weighted by Crippen LogP contribution is -2.37. The van der Waals surface area contributed by atoms with Gasteiger partial charge in [-0.3, -0.25) is 15.0 Å². The molecule has 1 amide bonds. The Balaban J connectivity index is 1.33. The molecule has 1 N–H and O–H groups in total. The van der Waals surface area contributed by atoms with Crippen LogP contribution in [0.3, 0.4) is 0 Å². The van der Waals surface area contributed by atoms with Gasteiger partial charge in [0.2, 0.25) is 0 Å². The fourth-order valence-corrected chi connectivity index (χ4v) is 3.91. The normalized spacial score (nSPS) is 14.0. The molecule has 34 heavy (non-hydrogen) atoms. The summed E-state index contributed by atoms with van der Waals surface area (Å²) in [6.45, 7) is 4.82. The largest absolute Gasteiger partial charge is 0.449 e. The van der Waals surface area contributed by atoms with Crippen molar-refractivity contribution in [3.05, 3.63) is 81.6 Å². The minimum atomic E-state index is -0.502. The summed E-state index contributed by atoms with van der Waals surface area (Å²) in [7, 11) is 0. The molecule has 0 atom stereocenters. The van der Waals surface area contributed by atoms with Gasteiger partial charge < -0.3 is 9.47 Å². The number of hydrogen-bond acceptors (Lipinski definition) is 6. The van der Waals surface area contributed by atoms with Crippen LogP contribution in [0.1, 0.15) is 12.0 Å². The Morgan fingerprint density at radius 2 is 1.91 bits per heavy atom. The maximum Gasteiger partial charge on any atom is 0.411 e. The Labute approximate surface area is 203 Å². The number of nitrogens with zero attached hydrogens (tertiary/aromatic N) is 3. The van der Waals surface area contributed by atoms with Gasteiger partial charge in [-0.05, 0) is 42.3 Å². The number of ether oxygens (including phenoxy) is 2. The summed E-state index contributed by atoms with van der Waals surface area (Å²) in [6.07, 6.45) is 0.266. The highest BCUT2D eigenvalue weighted by Gasteiger charge is 2.11. The molecule has 0 saturated carbocycles. The molecular weight excluding hydrogens is 456 g/mol. The van der Waals surface area contributed by atoms with E-state index in [0.29, 0.717) is 23.0 Å². The minimum Gasteiger partial charge on any atom is -0.449 e. The molecule has 0 unspecified atom stereocenters. The number of anilines is 1. The molecule has 0 radical (unpaired) electrons. The molecule has 9 heteroatoms. The lowest BCUT2D eigenvalue weighted by atomic mass is 10.1. The predicted molar refractivity (Wildman–Crippen MR) is 131 cm³/mol. The zero-order chi connectivity index (χ0) is 23.8. The number of morpholine rings is 1. The van der Waals surface area contributed by atoms with Crippen molar-refractivity contribution < 1.29 is 14.3 Å². The van der Waals surface area contributed by atoms with E-state index in [1.54, 1.807) is 30.3 Å². The second kappa shape index (κ2) is 11.8. The van der Waals surface area contributed by atoms with E-state index in [4.69, 9.17) is 21.1 Å². The van der Waals surface area contributed by atoms with Gasteiger partial charge in [-0.15, -0.1) is 0 Å². The summed E-state index contributed by atoms with van der Waals surface area (Å²) >= 11 is 6.08. The number of nitrogens with one attached hydrogen (secondary N) is 1. The fraction of sp³-hybridized carbons (Fsp3) is 0.320. The molecule has 8 nitrogen and oxygen atoms in total. The first-order valence-corrected chi connectivity index (χ1v) is 11.6. The highest BCUT2D eigenvalue weighted by Crippen LogP contribution is 2.20. The number of halogens is 1. The van der Waals surface area contributed by atoms with E-state index < -0.39 is 6.09 Å². The second-order valence-corrected chi connectivity index (χ2v) is 8.43. The quantitative estimate of drug-likeness (QED) is 0.490. The molecular formula is C25H27ClN4O4. The van der Waals surface area contributed by atoms with Crippen molar-refractivity contribution in [3.63, 3.8) is 0 Å². The van der Waals surface area contributed by atoms with Gasteiger partial charge in [-0.25, -0.2) is 9.48 Å². The number of hydrogen-bond donors (Lipinski definition) is 1. The molecule has 0 spiro atoms. The van der Waals surface area contributed by atoms with Crippen LogP contribution in [0.2, 0.25) is 5.02 Å². The fourth-order valence-electron chi connectivity index (χ4n) is 3.72. The van der Waals surface area contributed by atoms with Crippen molar-refractivity contribution >= 4 is 23.4 Å². The molecule has 1 aliphatic rings. The predicted octanol–water partition coefficient (Wildman–Crippen LogP) is 3.88. The molecule has 2 heterocycles. The first-order valence-electron chi connectivity index (χ1n) is 11.2. The zero-order valence-electron chi connectivity index (χ0n) is 18.8. The maximum absolute atomic E-state index is 12.4. The summed E-state index contributed by atoms with van der Waals surface area (Å²) in [5, 5.41) is 7.83. The van der Waals surface area contributed by atoms with E-state index in [-0.39, 0.29) is 12.1 Å². The molecule has 4 rings (SSSR count). The summed E-state index contributed by atoms with van der Waals surface area (Å²) < 4.78 is 12.0. The molecule has 1 fully saturated rings. The van der Waals surface area contributed by atoms with Gasteiger partial charge >= 0.3 is 6.09 Å². The van der Waals surface area contributed by atoms with Crippen molar-refractivity contribution in [2.24, 2.45) is 0 Å². The summed E-state index contributed by atoms with van der Waals surface area (Å²) in [5.41, 5.74) is 2.67. The highest BCUT2D eigenvalue weighted by atomic mass is 35.5. The van der Waals surface area contributed by atoms with Gasteiger partial charge in [0.15, 0.2) is 0 Å². The van der Waals surface area contributed by atoms with Crippen LogP contribution in [0, 0.1) is 0 Å². The van der Waals surface area contributed by atoms with Gasteiger partial charge in [0, 0.05) is 42.0 Å². The van der Waals surface area contributed by atoms with Gasteiger partial charge in [0.05, 0.1) is 32.1 Å². The molecule has 0 aliphatic carbocycles. The van der Waals surface area contributed by atoms with Crippen LogP contribution in [0.25, 0.3) is 11.3 Å². The van der Waals surface area contributed by atoms with Crippen molar-refractivity contribution in [1.29, 1.82) is 0 Å². The Morgan fingerprint density at radius 1 is 1.09 bits per heavy atom. The number of amides is 1. The van der Waals surface area contributed by atoms with Crippen LogP contribution in [-0.2, 0) is 16.0 Å². The smallest absolute Gasteiger partial charge is 0.411 e. The molecule has 1 aliphatic heterocycles. The molecule has 0 bridgehead atoms. The second-order valence-electron chi connectivity index (χ2n) is 7.99. The third kappa shape index (κ3) is 6.90. The van der Waals surface area contributed by atoms with Gasteiger partial charge in [0.1, 0.15) is 0 Å². The van der Waals surface area contributed by atoms with Gasteiger partial charge in [0.25, 0.3) is 5.56 Å². The lowest BCUT2D eigenvalue weighted by molar-refractivity contribution is 0.0348. The zero-order valence-corrected chi connectivity index (χ0v) is 19.5. The average Bonchev–Trinajstić information content (AvgIpc) is 2.84. The maximum atomic E-state index is 12.4. The van der Waals surface area contributed by atoms with Gasteiger partial charge in [-0.2, -0.15) is 5.10 Å². The van der Waals surface area contributed by atoms with Crippen LogP contribution in [0.5, 0.6) is 0 Å². The van der Waals surface area contributed by atoms with Crippen molar-refractivity contribution in [1.82, 2.24) is 14.7 Å². The Morgan fingerprint density at radius 3 is 2.74 bits per heavy atom. The number of benzene rings is 2. The van der Waals surface area contributed by atoms with Crippen LogP contribution in [-0.4, -0.2) is 60.2 Å². The molecule has 1 saturated heterocycles. The first-order chi connectivity index (χ1) is 16.6. The third-order valence-electron chi connectivity index (χ3n) is 5.45. The van der Waals surface area contributed by atoms with E-state index in [1.807, 2.05) is 24.3 Å². The number of aromatic nitrogens is 2. The average molecular weight is 483 g/mol. The van der Waals surface area contributed by atoms with Crippen molar-refractivity contribution in [2.45, 2.75) is 13.0 Å². The summed E-state index contributed by atoms with van der Waals surface area (Å²) in [5.74, 6) is 0. The van der Waals surface area contributed by atoms with Crippen LogP contribution in [0.4, 0.5) is 10.5 Å². The SMILES string of the molecule is O=C(Nc1cccc(Cn2nc(-c3cccc(Cl)c3)ccc2=O)c1)OCCCN1CCOCC1. The van der Waals surface area contributed by atoms with Crippen molar-refractivity contribution in [3.8, 4) is 11.3 Å².